The van der Waals surface area contributed by atoms with Crippen LogP contribution in [0.3, 0.4) is 0 Å². The summed E-state index contributed by atoms with van der Waals surface area (Å²) in [5.41, 5.74) is 5.71. The second-order valence-corrected chi connectivity index (χ2v) is 7.29. The highest BCUT2D eigenvalue weighted by Gasteiger charge is 2.33. The molecule has 2 rings (SSSR count). The van der Waals surface area contributed by atoms with Gasteiger partial charge in [0.2, 0.25) is 5.91 Å². The molecule has 0 radical (unpaired) electrons. The van der Waals surface area contributed by atoms with Gasteiger partial charge in [0.1, 0.15) is 6.04 Å². The number of nitro groups is 1. The van der Waals surface area contributed by atoms with Gasteiger partial charge >= 0.3 is 0 Å². The monoisotopic (exact) mass is 416 g/mol. The van der Waals surface area contributed by atoms with Gasteiger partial charge in [0.15, 0.2) is 0 Å². The van der Waals surface area contributed by atoms with Gasteiger partial charge in [-0.1, -0.05) is 6.07 Å². The molecule has 1 aliphatic carbocycles. The molecule has 10 heteroatoms. The lowest BCUT2D eigenvalue weighted by molar-refractivity contribution is -0.384. The summed E-state index contributed by atoms with van der Waals surface area (Å²) in [5.74, 6) is 0.341. The molecule has 2 atom stereocenters. The molecule has 1 aromatic rings. The maximum Gasteiger partial charge on any atom is 0.270 e. The van der Waals surface area contributed by atoms with Crippen LogP contribution in [0.4, 0.5) is 5.69 Å². The van der Waals surface area contributed by atoms with Gasteiger partial charge in [0.05, 0.1) is 4.92 Å². The van der Waals surface area contributed by atoms with E-state index in [1.807, 2.05) is 6.26 Å². The van der Waals surface area contributed by atoms with Crippen molar-refractivity contribution in [3.05, 3.63) is 39.9 Å². The van der Waals surface area contributed by atoms with Gasteiger partial charge in [-0.25, -0.2) is 0 Å². The van der Waals surface area contributed by atoms with Crippen molar-refractivity contribution in [3.8, 4) is 0 Å². The number of hydrogen-bond acceptors (Lipinski definition) is 6. The Hall–Kier alpha value is -1.84. The van der Waals surface area contributed by atoms with Crippen LogP contribution >= 0.6 is 24.2 Å². The van der Waals surface area contributed by atoms with Crippen molar-refractivity contribution in [2.75, 3.05) is 18.6 Å². The molecule has 0 spiro atoms. The number of amides is 2. The molecule has 0 aliphatic heterocycles. The first-order chi connectivity index (χ1) is 12.5. The fourth-order valence-electron chi connectivity index (χ4n) is 2.66. The van der Waals surface area contributed by atoms with Gasteiger partial charge in [0, 0.05) is 30.3 Å². The number of carbonyl (C=O) groups is 2. The zero-order valence-electron chi connectivity index (χ0n) is 15.1. The van der Waals surface area contributed by atoms with Gasteiger partial charge < -0.3 is 16.4 Å². The van der Waals surface area contributed by atoms with Crippen molar-refractivity contribution in [2.45, 2.75) is 31.3 Å². The summed E-state index contributed by atoms with van der Waals surface area (Å²) in [5, 5.41) is 16.5. The predicted molar refractivity (Wildman–Crippen MR) is 108 cm³/mol. The van der Waals surface area contributed by atoms with E-state index in [2.05, 4.69) is 10.6 Å². The Bertz CT molecular complexity index is 672. The molecule has 1 fully saturated rings. The van der Waals surface area contributed by atoms with Crippen LogP contribution in [0, 0.1) is 16.0 Å². The Morgan fingerprint density at radius 3 is 2.63 bits per heavy atom. The highest BCUT2D eigenvalue weighted by molar-refractivity contribution is 7.98. The smallest absolute Gasteiger partial charge is 0.270 e. The summed E-state index contributed by atoms with van der Waals surface area (Å²) in [6.07, 6.45) is 4.50. The Morgan fingerprint density at radius 2 is 2.07 bits per heavy atom. The number of hydrogen-bond donors (Lipinski definition) is 3. The molecule has 1 saturated carbocycles. The zero-order valence-corrected chi connectivity index (χ0v) is 16.7. The fraction of sp³-hybridized carbons (Fsp3) is 0.529. The largest absolute Gasteiger partial charge is 0.350 e. The first-order valence-electron chi connectivity index (χ1n) is 8.51. The van der Waals surface area contributed by atoms with Crippen LogP contribution in [0.2, 0.25) is 0 Å². The molecule has 2 amide bonds. The maximum atomic E-state index is 12.6. The first-order valence-corrected chi connectivity index (χ1v) is 9.90. The van der Waals surface area contributed by atoms with E-state index in [1.54, 1.807) is 11.8 Å². The van der Waals surface area contributed by atoms with E-state index in [-0.39, 0.29) is 35.6 Å². The Kier molecular flexibility index (Phi) is 9.54. The third-order valence-corrected chi connectivity index (χ3v) is 4.97. The van der Waals surface area contributed by atoms with Crippen molar-refractivity contribution >= 4 is 41.7 Å². The molecule has 27 heavy (non-hydrogen) atoms. The molecule has 0 heterocycles. The molecule has 0 saturated heterocycles. The van der Waals surface area contributed by atoms with E-state index in [1.165, 1.54) is 24.3 Å². The summed E-state index contributed by atoms with van der Waals surface area (Å²) in [7, 11) is 0. The molecular weight excluding hydrogens is 392 g/mol. The second-order valence-electron chi connectivity index (χ2n) is 6.30. The Balaban J connectivity index is 0.00000364. The summed E-state index contributed by atoms with van der Waals surface area (Å²) in [6.45, 7) is 0.366. The SMILES string of the molecule is CSCCC(NC(=O)c1cccc([N+](=O)[O-])c1)C(=O)NC(CN)C1CC1.Cl. The van der Waals surface area contributed by atoms with Gasteiger partial charge in [0.25, 0.3) is 11.6 Å². The van der Waals surface area contributed by atoms with E-state index in [0.717, 1.165) is 12.8 Å². The molecule has 1 aromatic carbocycles. The summed E-state index contributed by atoms with van der Waals surface area (Å²) in [4.78, 5) is 35.4. The van der Waals surface area contributed by atoms with Crippen LogP contribution in [-0.2, 0) is 4.79 Å². The summed E-state index contributed by atoms with van der Waals surface area (Å²) in [6, 6.07) is 4.67. The van der Waals surface area contributed by atoms with Crippen molar-refractivity contribution < 1.29 is 14.5 Å². The number of thioether (sulfide) groups is 1. The lowest BCUT2D eigenvalue weighted by Crippen LogP contribution is -2.52. The number of non-ortho nitro benzene ring substituents is 1. The van der Waals surface area contributed by atoms with Gasteiger partial charge in [-0.3, -0.25) is 19.7 Å². The number of carbonyl (C=O) groups excluding carboxylic acids is 2. The molecule has 1 aliphatic rings. The van der Waals surface area contributed by atoms with Gasteiger partial charge in [-0.05, 0) is 43.3 Å². The Labute approximate surface area is 168 Å². The molecule has 8 nitrogen and oxygen atoms in total. The van der Waals surface area contributed by atoms with Crippen LogP contribution < -0.4 is 16.4 Å². The number of benzene rings is 1. The van der Waals surface area contributed by atoms with E-state index in [9.17, 15) is 19.7 Å². The zero-order chi connectivity index (χ0) is 19.1. The number of halogens is 1. The van der Waals surface area contributed by atoms with E-state index < -0.39 is 16.9 Å². The molecule has 4 N–H and O–H groups in total. The highest BCUT2D eigenvalue weighted by Crippen LogP contribution is 2.32. The van der Waals surface area contributed by atoms with Crippen LogP contribution in [-0.4, -0.2) is 47.4 Å². The summed E-state index contributed by atoms with van der Waals surface area (Å²) < 4.78 is 0. The number of nitrogens with zero attached hydrogens (tertiary/aromatic N) is 1. The molecule has 2 unspecified atom stereocenters. The van der Waals surface area contributed by atoms with Crippen molar-refractivity contribution in [2.24, 2.45) is 11.7 Å². The number of nitrogens with one attached hydrogen (secondary N) is 2. The van der Waals surface area contributed by atoms with Crippen molar-refractivity contribution in [1.82, 2.24) is 10.6 Å². The van der Waals surface area contributed by atoms with Gasteiger partial charge in [-0.15, -0.1) is 12.4 Å². The highest BCUT2D eigenvalue weighted by atomic mass is 35.5. The molecule has 150 valence electrons. The average Bonchev–Trinajstić information content (AvgIpc) is 3.47. The topological polar surface area (TPSA) is 127 Å². The quantitative estimate of drug-likeness (QED) is 0.393. The average molecular weight is 417 g/mol. The van der Waals surface area contributed by atoms with Crippen molar-refractivity contribution in [3.63, 3.8) is 0 Å². The van der Waals surface area contributed by atoms with E-state index >= 15 is 0 Å². The van der Waals surface area contributed by atoms with E-state index in [0.29, 0.717) is 24.6 Å². The maximum absolute atomic E-state index is 12.6. The summed E-state index contributed by atoms with van der Waals surface area (Å²) >= 11 is 1.57. The van der Waals surface area contributed by atoms with E-state index in [4.69, 9.17) is 5.73 Å². The predicted octanol–water partition coefficient (Wildman–Crippen LogP) is 1.72. The lowest BCUT2D eigenvalue weighted by atomic mass is 10.1. The first kappa shape index (κ1) is 23.2. The normalized spacial score (nSPS) is 15.2. The standard InChI is InChI=1S/C17H24N4O4S.ClH/c1-26-8-7-14(17(23)20-15(10-18)11-5-6-11)19-16(22)12-3-2-4-13(9-12)21(24)25;/h2-4,9,11,14-15H,5-8,10,18H2,1H3,(H,19,22)(H,20,23);1H. The second kappa shape index (κ2) is 11.1. The fourth-order valence-corrected chi connectivity index (χ4v) is 3.13. The van der Waals surface area contributed by atoms with Gasteiger partial charge in [-0.2, -0.15) is 11.8 Å². The molecule has 0 aromatic heterocycles. The third kappa shape index (κ3) is 7.00. The van der Waals surface area contributed by atoms with Crippen LogP contribution in [0.1, 0.15) is 29.6 Å². The minimum Gasteiger partial charge on any atom is -0.350 e. The minimum absolute atomic E-state index is 0. The number of nitro benzene ring substituents is 1. The Morgan fingerprint density at radius 1 is 1.37 bits per heavy atom. The van der Waals surface area contributed by atoms with Crippen LogP contribution in [0.5, 0.6) is 0 Å². The van der Waals surface area contributed by atoms with Crippen molar-refractivity contribution in [1.29, 1.82) is 0 Å². The molecular formula is C17H25ClN4O4S. The molecule has 0 bridgehead atoms. The van der Waals surface area contributed by atoms with Crippen LogP contribution in [0.25, 0.3) is 0 Å². The van der Waals surface area contributed by atoms with Crippen LogP contribution in [0.15, 0.2) is 24.3 Å². The number of nitrogens with two attached hydrogens (primary N) is 1. The lowest BCUT2D eigenvalue weighted by Gasteiger charge is -2.22. The minimum atomic E-state index is -0.706. The third-order valence-electron chi connectivity index (χ3n) is 4.32. The number of rotatable bonds is 10.